The number of carbonyl (C=O) groups excluding carboxylic acids is 2. The third kappa shape index (κ3) is 2.44. The van der Waals surface area contributed by atoms with E-state index in [0.717, 1.165) is 0 Å². The highest BCUT2D eigenvalue weighted by molar-refractivity contribution is 5.83. The van der Waals surface area contributed by atoms with Gasteiger partial charge in [0, 0.05) is 37.4 Å². The molecule has 0 aromatic carbocycles. The normalized spacial score (nSPS) is 27.7. The molecule has 2 amide bonds. The molecule has 0 aromatic rings. The SMILES string of the molecule is CNC(=O)C1CCN(C(=O)[C@@H]2C[C@@H]2[N+](=O)[O-])CC1. The average Bonchev–Trinajstić information content (AvgIpc) is 3.17. The lowest BCUT2D eigenvalue weighted by atomic mass is 9.96. The summed E-state index contributed by atoms with van der Waals surface area (Å²) in [7, 11) is 1.60. The van der Waals surface area contributed by atoms with Crippen LogP contribution in [0.4, 0.5) is 0 Å². The van der Waals surface area contributed by atoms with Crippen LogP contribution in [0.1, 0.15) is 19.3 Å². The molecule has 1 aliphatic heterocycles. The quantitative estimate of drug-likeness (QED) is 0.550. The molecule has 1 saturated carbocycles. The number of hydrogen-bond donors (Lipinski definition) is 1. The van der Waals surface area contributed by atoms with Crippen molar-refractivity contribution in [2.24, 2.45) is 11.8 Å². The minimum atomic E-state index is -0.686. The maximum Gasteiger partial charge on any atom is 0.232 e. The lowest BCUT2D eigenvalue weighted by molar-refractivity contribution is -0.497. The maximum atomic E-state index is 11.9. The summed E-state index contributed by atoms with van der Waals surface area (Å²) >= 11 is 0. The van der Waals surface area contributed by atoms with Crippen LogP contribution >= 0.6 is 0 Å². The number of piperidine rings is 1. The molecule has 2 aliphatic rings. The van der Waals surface area contributed by atoms with E-state index in [1.165, 1.54) is 0 Å². The van der Waals surface area contributed by atoms with Crippen LogP contribution in [0.15, 0.2) is 0 Å². The lowest BCUT2D eigenvalue weighted by Gasteiger charge is -2.31. The Hall–Kier alpha value is -1.66. The second kappa shape index (κ2) is 4.91. The van der Waals surface area contributed by atoms with E-state index in [0.29, 0.717) is 32.4 Å². The zero-order chi connectivity index (χ0) is 13.3. The molecule has 0 aromatic heterocycles. The van der Waals surface area contributed by atoms with E-state index in [1.54, 1.807) is 11.9 Å². The zero-order valence-corrected chi connectivity index (χ0v) is 10.3. The second-order valence-corrected chi connectivity index (χ2v) is 4.91. The zero-order valence-electron chi connectivity index (χ0n) is 10.3. The van der Waals surface area contributed by atoms with Crippen molar-refractivity contribution in [3.63, 3.8) is 0 Å². The van der Waals surface area contributed by atoms with Crippen molar-refractivity contribution in [2.75, 3.05) is 20.1 Å². The van der Waals surface area contributed by atoms with E-state index in [4.69, 9.17) is 0 Å². The predicted molar refractivity (Wildman–Crippen MR) is 62.3 cm³/mol. The van der Waals surface area contributed by atoms with Gasteiger partial charge in [0.2, 0.25) is 17.9 Å². The summed E-state index contributed by atoms with van der Waals surface area (Å²) in [6.07, 6.45) is 1.64. The average molecular weight is 255 g/mol. The van der Waals surface area contributed by atoms with Crippen LogP contribution in [-0.4, -0.2) is 47.8 Å². The first-order chi connectivity index (χ1) is 8.54. The minimum absolute atomic E-state index is 0.0108. The molecule has 7 nitrogen and oxygen atoms in total. The molecule has 1 saturated heterocycles. The highest BCUT2D eigenvalue weighted by atomic mass is 16.6. The third-order valence-electron chi connectivity index (χ3n) is 3.77. The topological polar surface area (TPSA) is 92.6 Å². The second-order valence-electron chi connectivity index (χ2n) is 4.91. The highest BCUT2D eigenvalue weighted by Gasteiger charge is 2.54. The first kappa shape index (κ1) is 12.8. The summed E-state index contributed by atoms with van der Waals surface area (Å²) < 4.78 is 0. The first-order valence-corrected chi connectivity index (χ1v) is 6.18. The number of likely N-dealkylation sites (tertiary alicyclic amines) is 1. The van der Waals surface area contributed by atoms with E-state index in [9.17, 15) is 19.7 Å². The minimum Gasteiger partial charge on any atom is -0.359 e. The summed E-state index contributed by atoms with van der Waals surface area (Å²) in [5.41, 5.74) is 0. The highest BCUT2D eigenvalue weighted by Crippen LogP contribution is 2.35. The summed E-state index contributed by atoms with van der Waals surface area (Å²) in [5.74, 6) is -0.579. The molecule has 2 fully saturated rings. The molecule has 2 rings (SSSR count). The fourth-order valence-corrected chi connectivity index (χ4v) is 2.48. The van der Waals surface area contributed by atoms with Gasteiger partial charge in [0.25, 0.3) is 0 Å². The predicted octanol–water partition coefficient (Wildman–Crippen LogP) is -0.364. The molecule has 7 heteroatoms. The number of hydrogen-bond acceptors (Lipinski definition) is 4. The van der Waals surface area contributed by atoms with E-state index < -0.39 is 12.0 Å². The largest absolute Gasteiger partial charge is 0.359 e. The molecule has 100 valence electrons. The van der Waals surface area contributed by atoms with Crippen LogP contribution in [0.5, 0.6) is 0 Å². The molecule has 0 unspecified atom stereocenters. The monoisotopic (exact) mass is 255 g/mol. The molecular weight excluding hydrogens is 238 g/mol. The van der Waals surface area contributed by atoms with Crippen LogP contribution < -0.4 is 5.32 Å². The van der Waals surface area contributed by atoms with Gasteiger partial charge in [-0.3, -0.25) is 19.7 Å². The van der Waals surface area contributed by atoms with Gasteiger partial charge in [-0.2, -0.15) is 0 Å². The Bertz CT molecular complexity index is 376. The Morgan fingerprint density at radius 1 is 1.33 bits per heavy atom. The van der Waals surface area contributed by atoms with Crippen LogP contribution in [0.2, 0.25) is 0 Å². The smallest absolute Gasteiger partial charge is 0.232 e. The number of amides is 2. The summed E-state index contributed by atoms with van der Waals surface area (Å²) in [4.78, 5) is 35.2. The van der Waals surface area contributed by atoms with Crippen molar-refractivity contribution in [3.8, 4) is 0 Å². The van der Waals surface area contributed by atoms with Gasteiger partial charge in [-0.25, -0.2) is 0 Å². The van der Waals surface area contributed by atoms with Gasteiger partial charge in [-0.05, 0) is 12.8 Å². The molecule has 0 radical (unpaired) electrons. The Balaban J connectivity index is 1.82. The van der Waals surface area contributed by atoms with E-state index in [-0.39, 0.29) is 22.7 Å². The van der Waals surface area contributed by atoms with Crippen molar-refractivity contribution in [3.05, 3.63) is 10.1 Å². The van der Waals surface area contributed by atoms with Crippen LogP contribution in [0.3, 0.4) is 0 Å². The van der Waals surface area contributed by atoms with Gasteiger partial charge < -0.3 is 10.2 Å². The summed E-state index contributed by atoms with van der Waals surface area (Å²) in [5, 5.41) is 13.1. The molecule has 0 bridgehead atoms. The molecule has 1 N–H and O–H groups in total. The Labute approximate surface area is 105 Å². The number of carbonyl (C=O) groups is 2. The van der Waals surface area contributed by atoms with Gasteiger partial charge in [0.15, 0.2) is 0 Å². The van der Waals surface area contributed by atoms with E-state index >= 15 is 0 Å². The number of nitrogens with one attached hydrogen (secondary N) is 1. The molecular formula is C11H17N3O4. The van der Waals surface area contributed by atoms with Crippen molar-refractivity contribution < 1.29 is 14.5 Å². The molecule has 1 heterocycles. The molecule has 18 heavy (non-hydrogen) atoms. The Kier molecular flexibility index (Phi) is 3.49. The van der Waals surface area contributed by atoms with Gasteiger partial charge >= 0.3 is 0 Å². The molecule has 0 spiro atoms. The number of nitro groups is 1. The van der Waals surface area contributed by atoms with Crippen molar-refractivity contribution in [2.45, 2.75) is 25.3 Å². The maximum absolute atomic E-state index is 11.9. The summed E-state index contributed by atoms with van der Waals surface area (Å²) in [6.45, 7) is 1.05. The molecule has 2 atom stereocenters. The Morgan fingerprint density at radius 2 is 1.94 bits per heavy atom. The standard InChI is InChI=1S/C11H17N3O4/c1-12-10(15)7-2-4-13(5-3-7)11(16)8-6-9(8)14(17)18/h7-9H,2-6H2,1H3,(H,12,15)/t8-,9+/m1/s1. The van der Waals surface area contributed by atoms with Crippen LogP contribution in [-0.2, 0) is 9.59 Å². The first-order valence-electron chi connectivity index (χ1n) is 6.18. The van der Waals surface area contributed by atoms with Gasteiger partial charge in [0.05, 0.1) is 0 Å². The van der Waals surface area contributed by atoms with Gasteiger partial charge in [-0.1, -0.05) is 0 Å². The van der Waals surface area contributed by atoms with Crippen LogP contribution in [0.25, 0.3) is 0 Å². The van der Waals surface area contributed by atoms with Crippen molar-refractivity contribution in [1.82, 2.24) is 10.2 Å². The van der Waals surface area contributed by atoms with Gasteiger partial charge in [0.1, 0.15) is 5.92 Å². The number of rotatable bonds is 3. The fourth-order valence-electron chi connectivity index (χ4n) is 2.48. The third-order valence-corrected chi connectivity index (χ3v) is 3.77. The number of nitrogens with zero attached hydrogens (tertiary/aromatic N) is 2. The fraction of sp³-hybridized carbons (Fsp3) is 0.818. The Morgan fingerprint density at radius 3 is 2.39 bits per heavy atom. The van der Waals surface area contributed by atoms with E-state index in [2.05, 4.69) is 5.32 Å². The van der Waals surface area contributed by atoms with Gasteiger partial charge in [-0.15, -0.1) is 0 Å². The van der Waals surface area contributed by atoms with E-state index in [1.807, 2.05) is 0 Å². The lowest BCUT2D eigenvalue weighted by Crippen LogP contribution is -2.43. The van der Waals surface area contributed by atoms with Crippen LogP contribution in [0, 0.1) is 22.0 Å². The molecule has 1 aliphatic carbocycles. The summed E-state index contributed by atoms with van der Waals surface area (Å²) in [6, 6.07) is -0.686. The van der Waals surface area contributed by atoms with Crippen molar-refractivity contribution in [1.29, 1.82) is 0 Å². The van der Waals surface area contributed by atoms with Crippen molar-refractivity contribution >= 4 is 11.8 Å².